The Kier molecular flexibility index (Phi) is 2.18. The maximum Gasteiger partial charge on any atom is 0.505 e. The molecule has 3 atom stereocenters. The summed E-state index contributed by atoms with van der Waals surface area (Å²) < 4.78 is 5.78. The predicted molar refractivity (Wildman–Crippen MR) is 55.2 cm³/mol. The Morgan fingerprint density at radius 3 is 3.07 bits per heavy atom. The molecule has 0 aromatic carbocycles. The second kappa shape index (κ2) is 3.12. The quantitative estimate of drug-likeness (QED) is 0.775. The monoisotopic (exact) mass is 258 g/mol. The van der Waals surface area contributed by atoms with Crippen LogP contribution in [-0.2, 0) is 4.74 Å². The molecule has 0 aromatic rings. The largest absolute Gasteiger partial charge is 0.505 e. The Bertz CT molecular complexity index is 334. The lowest BCUT2D eigenvalue weighted by molar-refractivity contribution is 0.0721. The van der Waals surface area contributed by atoms with Crippen molar-refractivity contribution in [3.05, 3.63) is 22.7 Å². The van der Waals surface area contributed by atoms with E-state index in [1.807, 2.05) is 12.2 Å². The minimum absolute atomic E-state index is 0.0548. The van der Waals surface area contributed by atoms with Crippen molar-refractivity contribution in [2.75, 3.05) is 6.61 Å². The van der Waals surface area contributed by atoms with Crippen LogP contribution in [0.15, 0.2) is 22.7 Å². The van der Waals surface area contributed by atoms with Crippen LogP contribution in [0.1, 0.15) is 6.92 Å². The zero-order valence-corrected chi connectivity index (χ0v) is 9.32. The van der Waals surface area contributed by atoms with E-state index in [0.717, 1.165) is 4.48 Å². The van der Waals surface area contributed by atoms with Gasteiger partial charge in [-0.15, -0.1) is 0 Å². The molecule has 0 amide bonds. The van der Waals surface area contributed by atoms with E-state index in [-0.39, 0.29) is 12.0 Å². The van der Waals surface area contributed by atoms with Crippen molar-refractivity contribution < 1.29 is 14.6 Å². The molecule has 0 bridgehead atoms. The van der Waals surface area contributed by atoms with Gasteiger partial charge in [0.1, 0.15) is 6.61 Å². The molecule has 1 fully saturated rings. The highest BCUT2D eigenvalue weighted by Gasteiger charge is 2.62. The van der Waals surface area contributed by atoms with Crippen LogP contribution in [0, 0.1) is 17.3 Å². The Morgan fingerprint density at radius 1 is 1.79 bits per heavy atom. The summed E-state index contributed by atoms with van der Waals surface area (Å²) >= 11 is 3.48. The van der Waals surface area contributed by atoms with Crippen molar-refractivity contribution in [2.24, 2.45) is 17.3 Å². The van der Waals surface area contributed by atoms with E-state index in [0.29, 0.717) is 11.8 Å². The highest BCUT2D eigenvalue weighted by atomic mass is 79.9. The number of ether oxygens (including phenoxy) is 1. The van der Waals surface area contributed by atoms with E-state index in [4.69, 9.17) is 5.11 Å². The SMILES string of the molecule is C[C@]1(COC(=O)O)[C@H]2C=CC=C(Br)[C@@H]21. The fourth-order valence-corrected chi connectivity index (χ4v) is 3.15. The maximum atomic E-state index is 10.3. The number of rotatable bonds is 2. The highest BCUT2D eigenvalue weighted by Crippen LogP contribution is 2.65. The third-order valence-corrected chi connectivity index (χ3v) is 3.86. The van der Waals surface area contributed by atoms with Gasteiger partial charge >= 0.3 is 6.16 Å². The summed E-state index contributed by atoms with van der Waals surface area (Å²) in [6.07, 6.45) is 4.92. The number of halogens is 1. The molecule has 0 saturated heterocycles. The summed E-state index contributed by atoms with van der Waals surface area (Å²) in [4.78, 5) is 10.3. The first-order chi connectivity index (χ1) is 6.55. The van der Waals surface area contributed by atoms with Gasteiger partial charge in [-0.25, -0.2) is 4.79 Å². The average molecular weight is 259 g/mol. The normalized spacial score (nSPS) is 38.6. The molecule has 3 nitrogen and oxygen atoms in total. The molecule has 0 heterocycles. The minimum Gasteiger partial charge on any atom is -0.450 e. The molecule has 0 aliphatic heterocycles. The van der Waals surface area contributed by atoms with Crippen LogP contribution in [0.4, 0.5) is 4.79 Å². The van der Waals surface area contributed by atoms with Crippen molar-refractivity contribution in [1.29, 1.82) is 0 Å². The third-order valence-electron chi connectivity index (χ3n) is 3.10. The summed E-state index contributed by atoms with van der Waals surface area (Å²) in [5, 5.41) is 8.44. The number of carbonyl (C=O) groups is 1. The molecular formula is C10H11BrO3. The summed E-state index contributed by atoms with van der Waals surface area (Å²) in [6, 6.07) is 0. The van der Waals surface area contributed by atoms with Crippen LogP contribution in [0.5, 0.6) is 0 Å². The van der Waals surface area contributed by atoms with E-state index < -0.39 is 6.16 Å². The van der Waals surface area contributed by atoms with E-state index >= 15 is 0 Å². The van der Waals surface area contributed by atoms with Gasteiger partial charge in [-0.3, -0.25) is 0 Å². The lowest BCUT2D eigenvalue weighted by Crippen LogP contribution is -2.13. The van der Waals surface area contributed by atoms with Crippen molar-refractivity contribution in [2.45, 2.75) is 6.92 Å². The Hall–Kier alpha value is -0.770. The molecule has 2 aliphatic rings. The fraction of sp³-hybridized carbons (Fsp3) is 0.500. The number of carboxylic acid groups (broad SMARTS) is 1. The molecule has 4 heteroatoms. The molecule has 0 spiro atoms. The van der Waals surface area contributed by atoms with E-state index in [1.165, 1.54) is 0 Å². The smallest absolute Gasteiger partial charge is 0.450 e. The molecule has 0 radical (unpaired) electrons. The van der Waals surface area contributed by atoms with E-state index in [9.17, 15) is 4.79 Å². The molecule has 76 valence electrons. The number of hydrogen-bond acceptors (Lipinski definition) is 2. The van der Waals surface area contributed by atoms with Crippen molar-refractivity contribution in [3.63, 3.8) is 0 Å². The van der Waals surface area contributed by atoms with Gasteiger partial charge in [-0.1, -0.05) is 41.1 Å². The summed E-state index contributed by atoms with van der Waals surface area (Å²) in [5.74, 6) is 0.813. The predicted octanol–water partition coefficient (Wildman–Crippen LogP) is 2.78. The van der Waals surface area contributed by atoms with Gasteiger partial charge in [0, 0.05) is 11.3 Å². The zero-order valence-electron chi connectivity index (χ0n) is 7.74. The maximum absolute atomic E-state index is 10.3. The van der Waals surface area contributed by atoms with Gasteiger partial charge in [0.15, 0.2) is 0 Å². The molecule has 2 rings (SSSR count). The minimum atomic E-state index is -1.20. The van der Waals surface area contributed by atoms with Crippen LogP contribution in [0.25, 0.3) is 0 Å². The van der Waals surface area contributed by atoms with Crippen LogP contribution >= 0.6 is 15.9 Å². The topological polar surface area (TPSA) is 46.5 Å². The van der Waals surface area contributed by atoms with Crippen LogP contribution < -0.4 is 0 Å². The standard InChI is InChI=1S/C10H11BrO3/c1-10(5-14-9(12)13)6-3-2-4-7(11)8(6)10/h2-4,6,8H,5H2,1H3,(H,12,13)/t6-,8+,10-/m0/s1. The van der Waals surface area contributed by atoms with Gasteiger partial charge in [-0.2, -0.15) is 0 Å². The van der Waals surface area contributed by atoms with E-state index in [2.05, 4.69) is 33.7 Å². The zero-order chi connectivity index (χ0) is 10.3. The lowest BCUT2D eigenvalue weighted by Gasteiger charge is -2.09. The van der Waals surface area contributed by atoms with Crippen molar-refractivity contribution >= 4 is 22.1 Å². The molecule has 1 saturated carbocycles. The second-order valence-electron chi connectivity index (χ2n) is 4.00. The third kappa shape index (κ3) is 1.38. The summed E-state index contributed by atoms with van der Waals surface area (Å²) in [6.45, 7) is 2.32. The first-order valence-electron chi connectivity index (χ1n) is 4.45. The highest BCUT2D eigenvalue weighted by molar-refractivity contribution is 9.11. The fourth-order valence-electron chi connectivity index (χ4n) is 2.19. The van der Waals surface area contributed by atoms with Gasteiger partial charge in [0.05, 0.1) is 0 Å². The van der Waals surface area contributed by atoms with Crippen LogP contribution in [0.3, 0.4) is 0 Å². The molecular weight excluding hydrogens is 248 g/mol. The molecule has 14 heavy (non-hydrogen) atoms. The number of hydrogen-bond donors (Lipinski definition) is 1. The first-order valence-corrected chi connectivity index (χ1v) is 5.24. The second-order valence-corrected chi connectivity index (χ2v) is 4.92. The summed E-state index contributed by atoms with van der Waals surface area (Å²) in [5.41, 5.74) is -0.0548. The summed E-state index contributed by atoms with van der Waals surface area (Å²) in [7, 11) is 0. The lowest BCUT2D eigenvalue weighted by atomic mass is 10.1. The average Bonchev–Trinajstić information content (AvgIpc) is 2.72. The van der Waals surface area contributed by atoms with Gasteiger partial charge in [0.2, 0.25) is 0 Å². The molecule has 0 unspecified atom stereocenters. The van der Waals surface area contributed by atoms with E-state index in [1.54, 1.807) is 0 Å². The number of fused-ring (bicyclic) bond motifs is 1. The van der Waals surface area contributed by atoms with Gasteiger partial charge in [0.25, 0.3) is 0 Å². The van der Waals surface area contributed by atoms with Crippen molar-refractivity contribution in [1.82, 2.24) is 0 Å². The Morgan fingerprint density at radius 2 is 2.50 bits per heavy atom. The van der Waals surface area contributed by atoms with Crippen molar-refractivity contribution in [3.8, 4) is 0 Å². The Labute approximate surface area is 90.6 Å². The molecule has 0 aromatic heterocycles. The van der Waals surface area contributed by atoms with Crippen LogP contribution in [0.2, 0.25) is 0 Å². The van der Waals surface area contributed by atoms with Gasteiger partial charge < -0.3 is 9.84 Å². The number of allylic oxidation sites excluding steroid dienone is 4. The van der Waals surface area contributed by atoms with Gasteiger partial charge in [-0.05, 0) is 10.4 Å². The molecule has 1 N–H and O–H groups in total. The first kappa shape index (κ1) is 9.77. The van der Waals surface area contributed by atoms with Crippen LogP contribution in [-0.4, -0.2) is 17.9 Å². The molecule has 2 aliphatic carbocycles. The Balaban J connectivity index is 2.04.